The molecule has 8 heteroatoms. The van der Waals surface area contributed by atoms with E-state index in [4.69, 9.17) is 11.6 Å². The summed E-state index contributed by atoms with van der Waals surface area (Å²) >= 11 is 7.43. The molecular weight excluding hydrogens is 370 g/mol. The Morgan fingerprint density at radius 2 is 2.00 bits per heavy atom. The van der Waals surface area contributed by atoms with Crippen molar-refractivity contribution in [2.24, 2.45) is 0 Å². The van der Waals surface area contributed by atoms with Gasteiger partial charge >= 0.3 is 0 Å². The Balaban J connectivity index is 1.92. The summed E-state index contributed by atoms with van der Waals surface area (Å²) in [7, 11) is 0. The Morgan fingerprint density at radius 1 is 1.23 bits per heavy atom. The number of halogens is 1. The smallest absolute Gasteiger partial charge is 0.230 e. The molecule has 6 nitrogen and oxygen atoms in total. The van der Waals surface area contributed by atoms with Crippen molar-refractivity contribution in [3.8, 4) is 0 Å². The quantitative estimate of drug-likeness (QED) is 0.378. The van der Waals surface area contributed by atoms with Gasteiger partial charge in [-0.1, -0.05) is 43.3 Å². The van der Waals surface area contributed by atoms with Gasteiger partial charge in [0.25, 0.3) is 0 Å². The minimum Gasteiger partial charge on any atom is -0.356 e. The topological polar surface area (TPSA) is 71.0 Å². The predicted octanol–water partition coefficient (Wildman–Crippen LogP) is 3.56. The molecule has 0 aliphatic rings. The van der Waals surface area contributed by atoms with Crippen LogP contribution in [-0.2, 0) is 11.3 Å². The third-order valence-corrected chi connectivity index (χ3v) is 4.54. The van der Waals surface area contributed by atoms with Crippen molar-refractivity contribution in [3.63, 3.8) is 0 Å². The number of nitrogens with one attached hydrogen (secondary N) is 1. The number of anilines is 1. The van der Waals surface area contributed by atoms with Gasteiger partial charge < -0.3 is 10.2 Å². The van der Waals surface area contributed by atoms with E-state index in [2.05, 4.69) is 39.0 Å². The summed E-state index contributed by atoms with van der Waals surface area (Å²) in [5.41, 5.74) is 0.821. The first kappa shape index (κ1) is 20.5. The molecule has 0 spiro atoms. The second-order valence-electron chi connectivity index (χ2n) is 5.70. The number of carbonyl (C=O) groups excluding carboxylic acids is 1. The maximum absolute atomic E-state index is 12.0. The summed E-state index contributed by atoms with van der Waals surface area (Å²) in [6, 6.07) is 7.38. The molecule has 0 unspecified atom stereocenters. The van der Waals surface area contributed by atoms with Crippen molar-refractivity contribution in [2.45, 2.75) is 38.4 Å². The first-order valence-corrected chi connectivity index (χ1v) is 10.1. The fraction of sp³-hybridized carbons (Fsp3) is 0.444. The first-order chi connectivity index (χ1) is 12.6. The highest BCUT2D eigenvalue weighted by atomic mass is 35.5. The van der Waals surface area contributed by atoms with Gasteiger partial charge in [0.1, 0.15) is 11.0 Å². The molecule has 0 atom stereocenters. The maximum atomic E-state index is 12.0. The Hall–Kier alpha value is -1.86. The van der Waals surface area contributed by atoms with Crippen LogP contribution >= 0.6 is 23.4 Å². The lowest BCUT2D eigenvalue weighted by molar-refractivity contribution is -0.118. The minimum absolute atomic E-state index is 0.0928. The van der Waals surface area contributed by atoms with Crippen molar-refractivity contribution in [1.29, 1.82) is 0 Å². The lowest BCUT2D eigenvalue weighted by Crippen LogP contribution is -2.26. The first-order valence-electron chi connectivity index (χ1n) is 8.71. The van der Waals surface area contributed by atoms with Gasteiger partial charge in [0, 0.05) is 25.4 Å². The summed E-state index contributed by atoms with van der Waals surface area (Å²) in [5, 5.41) is 3.74. The zero-order valence-electron chi connectivity index (χ0n) is 15.1. The highest BCUT2D eigenvalue weighted by molar-refractivity contribution is 7.99. The predicted molar refractivity (Wildman–Crippen MR) is 107 cm³/mol. The van der Waals surface area contributed by atoms with Crippen molar-refractivity contribution >= 4 is 35.1 Å². The summed E-state index contributed by atoms with van der Waals surface area (Å²) in [5.74, 6) is 0.948. The number of aromatic nitrogens is 3. The Morgan fingerprint density at radius 3 is 2.65 bits per heavy atom. The van der Waals surface area contributed by atoms with Crippen LogP contribution < -0.4 is 10.2 Å². The van der Waals surface area contributed by atoms with Crippen LogP contribution in [0.3, 0.4) is 0 Å². The fourth-order valence-electron chi connectivity index (χ4n) is 2.37. The molecule has 1 N–H and O–H groups in total. The van der Waals surface area contributed by atoms with Crippen LogP contribution in [-0.4, -0.2) is 39.7 Å². The molecule has 0 radical (unpaired) electrons. The monoisotopic (exact) mass is 393 g/mol. The zero-order chi connectivity index (χ0) is 18.8. The van der Waals surface area contributed by atoms with Crippen LogP contribution in [0.15, 0.2) is 35.6 Å². The molecule has 2 heterocycles. The summed E-state index contributed by atoms with van der Waals surface area (Å²) in [4.78, 5) is 27.2. The molecule has 0 bridgehead atoms. The molecule has 0 aliphatic heterocycles. The van der Waals surface area contributed by atoms with E-state index >= 15 is 0 Å². The number of nitrogens with zero attached hydrogens (tertiary/aromatic N) is 4. The summed E-state index contributed by atoms with van der Waals surface area (Å²) < 4.78 is 0. The summed E-state index contributed by atoms with van der Waals surface area (Å²) in [6.45, 7) is 6.49. The Bertz CT molecular complexity index is 695. The molecular formula is C18H24ClN5OS. The zero-order valence-corrected chi connectivity index (χ0v) is 16.7. The number of amides is 1. The fourth-order valence-corrected chi connectivity index (χ4v) is 3.28. The lowest BCUT2D eigenvalue weighted by Gasteiger charge is -2.22. The molecule has 0 saturated heterocycles. The highest BCUT2D eigenvalue weighted by Gasteiger charge is 2.12. The van der Waals surface area contributed by atoms with Gasteiger partial charge in [-0.05, 0) is 25.0 Å². The third kappa shape index (κ3) is 6.80. The molecule has 0 saturated carbocycles. The molecule has 2 rings (SSSR count). The van der Waals surface area contributed by atoms with Crippen LogP contribution in [0, 0.1) is 0 Å². The van der Waals surface area contributed by atoms with Gasteiger partial charge in [0.05, 0.1) is 18.0 Å². The van der Waals surface area contributed by atoms with Crippen LogP contribution in [0.5, 0.6) is 0 Å². The van der Waals surface area contributed by atoms with Gasteiger partial charge in [-0.2, -0.15) is 0 Å². The molecule has 140 valence electrons. The summed E-state index contributed by atoms with van der Waals surface area (Å²) in [6.07, 6.45) is 3.76. The van der Waals surface area contributed by atoms with E-state index in [0.29, 0.717) is 16.9 Å². The van der Waals surface area contributed by atoms with E-state index in [-0.39, 0.29) is 11.7 Å². The van der Waals surface area contributed by atoms with Crippen molar-refractivity contribution in [1.82, 2.24) is 20.3 Å². The van der Waals surface area contributed by atoms with Crippen LogP contribution in [0.2, 0.25) is 5.15 Å². The maximum Gasteiger partial charge on any atom is 0.230 e. The lowest BCUT2D eigenvalue weighted by atomic mass is 10.3. The average molecular weight is 394 g/mol. The van der Waals surface area contributed by atoms with Crippen LogP contribution in [0.25, 0.3) is 0 Å². The van der Waals surface area contributed by atoms with Gasteiger partial charge in [0.2, 0.25) is 5.91 Å². The average Bonchev–Trinajstić information content (AvgIpc) is 2.65. The third-order valence-electron chi connectivity index (χ3n) is 3.50. The molecule has 0 aromatic carbocycles. The number of hydrogen-bond donors (Lipinski definition) is 1. The van der Waals surface area contributed by atoms with Crippen molar-refractivity contribution in [3.05, 3.63) is 41.3 Å². The number of pyridine rings is 1. The van der Waals surface area contributed by atoms with Crippen molar-refractivity contribution in [2.75, 3.05) is 23.7 Å². The van der Waals surface area contributed by atoms with E-state index < -0.39 is 0 Å². The molecule has 2 aromatic heterocycles. The number of carbonyl (C=O) groups is 1. The van der Waals surface area contributed by atoms with Gasteiger partial charge in [-0.15, -0.1) is 0 Å². The number of hydrogen-bond acceptors (Lipinski definition) is 6. The highest BCUT2D eigenvalue weighted by Crippen LogP contribution is 2.22. The number of rotatable bonds is 10. The SMILES string of the molecule is CCCN(CCC)c1cc(Cl)nc(SCC(=O)NCc2ccccn2)n1. The normalized spacial score (nSPS) is 10.6. The largest absolute Gasteiger partial charge is 0.356 e. The second-order valence-corrected chi connectivity index (χ2v) is 7.03. The molecule has 26 heavy (non-hydrogen) atoms. The Kier molecular flexibility index (Phi) is 8.64. The van der Waals surface area contributed by atoms with Crippen LogP contribution in [0.4, 0.5) is 5.82 Å². The van der Waals surface area contributed by atoms with Gasteiger partial charge in [0.15, 0.2) is 5.16 Å². The van der Waals surface area contributed by atoms with E-state index in [1.165, 1.54) is 11.8 Å². The van der Waals surface area contributed by atoms with E-state index in [1.54, 1.807) is 12.3 Å². The van der Waals surface area contributed by atoms with E-state index in [9.17, 15) is 4.79 Å². The molecule has 0 aliphatic carbocycles. The van der Waals surface area contributed by atoms with Gasteiger partial charge in [-0.3, -0.25) is 9.78 Å². The van der Waals surface area contributed by atoms with Crippen LogP contribution in [0.1, 0.15) is 32.4 Å². The Labute approximate surface area is 163 Å². The molecule has 1 amide bonds. The standard InChI is InChI=1S/C18H24ClN5OS/c1-3-9-24(10-4-2)16-11-15(19)22-18(23-16)26-13-17(25)21-12-14-7-5-6-8-20-14/h5-8,11H,3-4,9-10,12-13H2,1-2H3,(H,21,25). The molecule has 0 fully saturated rings. The number of thioether (sulfide) groups is 1. The second kappa shape index (κ2) is 11.0. The van der Waals surface area contributed by atoms with E-state index in [0.717, 1.165) is 37.4 Å². The van der Waals surface area contributed by atoms with E-state index in [1.807, 2.05) is 18.2 Å². The van der Waals surface area contributed by atoms with Crippen molar-refractivity contribution < 1.29 is 4.79 Å². The molecule has 2 aromatic rings. The van der Waals surface area contributed by atoms with Gasteiger partial charge in [-0.25, -0.2) is 9.97 Å². The minimum atomic E-state index is -0.0928.